The monoisotopic (exact) mass is 904 g/mol. The van der Waals surface area contributed by atoms with E-state index in [1.807, 2.05) is 6.08 Å². The molecule has 9 nitrogen and oxygen atoms in total. The van der Waals surface area contributed by atoms with Gasteiger partial charge in [0.15, 0.2) is 6.29 Å². The van der Waals surface area contributed by atoms with Crippen molar-refractivity contribution in [1.29, 1.82) is 0 Å². The molecule has 0 radical (unpaired) electrons. The quantitative estimate of drug-likeness (QED) is 0.0201. The van der Waals surface area contributed by atoms with Crippen LogP contribution in [-0.2, 0) is 14.3 Å². The van der Waals surface area contributed by atoms with Gasteiger partial charge in [0.2, 0.25) is 5.91 Å². The molecular formula is C55H101NO8. The second-order valence-corrected chi connectivity index (χ2v) is 18.7. The van der Waals surface area contributed by atoms with Crippen molar-refractivity contribution >= 4 is 5.91 Å². The van der Waals surface area contributed by atoms with Crippen molar-refractivity contribution in [3.8, 4) is 0 Å². The molecule has 1 rings (SSSR count). The van der Waals surface area contributed by atoms with Crippen LogP contribution in [0.1, 0.15) is 239 Å². The third-order valence-electron chi connectivity index (χ3n) is 12.7. The van der Waals surface area contributed by atoms with Gasteiger partial charge >= 0.3 is 0 Å². The van der Waals surface area contributed by atoms with E-state index in [9.17, 15) is 30.3 Å². The van der Waals surface area contributed by atoms with Crippen LogP contribution in [0, 0.1) is 0 Å². The van der Waals surface area contributed by atoms with Crippen LogP contribution in [0.3, 0.4) is 0 Å². The molecule has 9 heteroatoms. The van der Waals surface area contributed by atoms with E-state index in [1.165, 1.54) is 173 Å². The number of hydrogen-bond donors (Lipinski definition) is 6. The lowest BCUT2D eigenvalue weighted by atomic mass is 9.99. The molecule has 0 aromatic rings. The molecule has 0 spiro atoms. The van der Waals surface area contributed by atoms with Crippen LogP contribution < -0.4 is 5.32 Å². The van der Waals surface area contributed by atoms with Crippen molar-refractivity contribution in [3.63, 3.8) is 0 Å². The smallest absolute Gasteiger partial charge is 0.220 e. The van der Waals surface area contributed by atoms with E-state index < -0.39 is 49.5 Å². The van der Waals surface area contributed by atoms with E-state index >= 15 is 0 Å². The highest BCUT2D eigenvalue weighted by atomic mass is 16.7. The summed E-state index contributed by atoms with van der Waals surface area (Å²) in [6, 6.07) is -0.824. The van der Waals surface area contributed by atoms with E-state index in [4.69, 9.17) is 9.47 Å². The number of unbranched alkanes of at least 4 members (excludes halogenated alkanes) is 30. The predicted octanol–water partition coefficient (Wildman–Crippen LogP) is 12.6. The van der Waals surface area contributed by atoms with Crippen molar-refractivity contribution in [2.75, 3.05) is 13.2 Å². The maximum Gasteiger partial charge on any atom is 0.220 e. The maximum absolute atomic E-state index is 13.0. The normalized spacial score (nSPS) is 20.4. The predicted molar refractivity (Wildman–Crippen MR) is 267 cm³/mol. The summed E-state index contributed by atoms with van der Waals surface area (Å²) >= 11 is 0. The second-order valence-electron chi connectivity index (χ2n) is 18.7. The largest absolute Gasteiger partial charge is 0.394 e. The van der Waals surface area contributed by atoms with Crippen LogP contribution in [0.15, 0.2) is 48.6 Å². The lowest BCUT2D eigenvalue weighted by Crippen LogP contribution is -2.60. The molecule has 0 aliphatic carbocycles. The van der Waals surface area contributed by atoms with Crippen LogP contribution >= 0.6 is 0 Å². The lowest BCUT2D eigenvalue weighted by molar-refractivity contribution is -0.302. The fraction of sp³-hybridized carbons (Fsp3) is 0.836. The van der Waals surface area contributed by atoms with E-state index in [-0.39, 0.29) is 12.5 Å². The van der Waals surface area contributed by atoms with Gasteiger partial charge in [-0.1, -0.05) is 223 Å². The van der Waals surface area contributed by atoms with Crippen molar-refractivity contribution in [2.24, 2.45) is 0 Å². The molecule has 0 bridgehead atoms. The standard InChI is InChI=1S/C55H101NO8/c1-3-5-7-9-11-13-15-17-19-21-23-24-25-27-28-30-32-34-36-38-40-42-44-49(58)48(47-63-55-54(62)53(61)52(60)50(46-57)64-55)56-51(59)45-43-41-39-37-35-33-31-29-26-22-20-18-16-14-12-10-8-6-4-2/h12,14,16,18,34,36,42,44,48-50,52-55,57-58,60-62H,3-11,13,15,17,19-33,35,37-41,43,45-47H2,1-2H3,(H,56,59)/b14-12-,18-16-,36-34+,44-42+. The zero-order valence-electron chi connectivity index (χ0n) is 41.3. The number of aliphatic hydroxyl groups is 5. The lowest BCUT2D eigenvalue weighted by Gasteiger charge is -2.40. The molecule has 0 saturated carbocycles. The van der Waals surface area contributed by atoms with Crippen LogP contribution in [0.5, 0.6) is 0 Å². The highest BCUT2D eigenvalue weighted by Crippen LogP contribution is 2.23. The van der Waals surface area contributed by atoms with Crippen LogP contribution in [0.25, 0.3) is 0 Å². The molecule has 374 valence electrons. The van der Waals surface area contributed by atoms with E-state index in [0.29, 0.717) is 6.42 Å². The number of amides is 1. The van der Waals surface area contributed by atoms with Gasteiger partial charge in [-0.3, -0.25) is 4.79 Å². The summed E-state index contributed by atoms with van der Waals surface area (Å²) < 4.78 is 11.2. The van der Waals surface area contributed by atoms with Gasteiger partial charge in [0.1, 0.15) is 24.4 Å². The molecule has 1 aliphatic heterocycles. The molecule has 6 N–H and O–H groups in total. The zero-order valence-corrected chi connectivity index (χ0v) is 41.3. The van der Waals surface area contributed by atoms with Gasteiger partial charge < -0.3 is 40.3 Å². The Morgan fingerprint density at radius 1 is 0.531 bits per heavy atom. The number of aliphatic hydroxyl groups excluding tert-OH is 5. The van der Waals surface area contributed by atoms with Gasteiger partial charge in [-0.2, -0.15) is 0 Å². The first-order valence-corrected chi connectivity index (χ1v) is 26.9. The topological polar surface area (TPSA) is 149 Å². The SMILES string of the molecule is CCCCC/C=C\C=C/CCCCCCCCCCCCC(=O)NC(COC1OC(CO)C(O)C(O)C1O)C(O)/C=C/CC/C=C/CCCCCCCCCCCCCCCCCC. The summed E-state index contributed by atoms with van der Waals surface area (Å²) in [4.78, 5) is 13.0. The van der Waals surface area contributed by atoms with Crippen molar-refractivity contribution in [2.45, 2.75) is 281 Å². The number of rotatable bonds is 45. The minimum atomic E-state index is -1.57. The molecule has 7 atom stereocenters. The first-order valence-electron chi connectivity index (χ1n) is 26.9. The molecule has 64 heavy (non-hydrogen) atoms. The van der Waals surface area contributed by atoms with Gasteiger partial charge in [0, 0.05) is 6.42 Å². The summed E-state index contributed by atoms with van der Waals surface area (Å²) in [5.74, 6) is -0.190. The maximum atomic E-state index is 13.0. The van der Waals surface area contributed by atoms with Gasteiger partial charge in [-0.15, -0.1) is 0 Å². The minimum absolute atomic E-state index is 0.190. The molecule has 1 saturated heterocycles. The van der Waals surface area contributed by atoms with Crippen LogP contribution in [0.4, 0.5) is 0 Å². The number of hydrogen-bond acceptors (Lipinski definition) is 8. The Morgan fingerprint density at radius 2 is 0.938 bits per heavy atom. The van der Waals surface area contributed by atoms with E-state index in [1.54, 1.807) is 6.08 Å². The number of carbonyl (C=O) groups is 1. The molecule has 0 aromatic heterocycles. The van der Waals surface area contributed by atoms with E-state index in [0.717, 1.165) is 44.9 Å². The summed E-state index contributed by atoms with van der Waals surface area (Å²) in [6.45, 7) is 3.75. The number of ether oxygens (including phenoxy) is 2. The molecule has 1 fully saturated rings. The average Bonchev–Trinajstić information content (AvgIpc) is 3.29. The third-order valence-corrected chi connectivity index (χ3v) is 12.7. The minimum Gasteiger partial charge on any atom is -0.394 e. The number of nitrogens with one attached hydrogen (secondary N) is 1. The van der Waals surface area contributed by atoms with Gasteiger partial charge in [0.05, 0.1) is 25.4 Å². The Labute approximate surface area is 393 Å². The molecule has 0 aromatic carbocycles. The first kappa shape index (κ1) is 60.2. The van der Waals surface area contributed by atoms with Gasteiger partial charge in [-0.25, -0.2) is 0 Å². The van der Waals surface area contributed by atoms with E-state index in [2.05, 4.69) is 55.6 Å². The molecule has 1 amide bonds. The Bertz CT molecular complexity index is 1140. The highest BCUT2D eigenvalue weighted by molar-refractivity contribution is 5.76. The summed E-state index contributed by atoms with van der Waals surface area (Å²) in [6.07, 6.45) is 51.6. The number of carbonyl (C=O) groups excluding carboxylic acids is 1. The highest BCUT2D eigenvalue weighted by Gasteiger charge is 2.44. The summed E-state index contributed by atoms with van der Waals surface area (Å²) in [5.41, 5.74) is 0. The molecule has 7 unspecified atom stereocenters. The van der Waals surface area contributed by atoms with Crippen LogP contribution in [0.2, 0.25) is 0 Å². The fourth-order valence-electron chi connectivity index (χ4n) is 8.34. The van der Waals surface area contributed by atoms with Gasteiger partial charge in [-0.05, 0) is 57.8 Å². The molecule has 1 aliphatic rings. The van der Waals surface area contributed by atoms with Gasteiger partial charge in [0.25, 0.3) is 0 Å². The van der Waals surface area contributed by atoms with Crippen molar-refractivity contribution in [1.82, 2.24) is 5.32 Å². The average molecular weight is 904 g/mol. The van der Waals surface area contributed by atoms with Crippen LogP contribution in [-0.4, -0.2) is 87.5 Å². The Hall–Kier alpha value is -1.85. The number of allylic oxidation sites excluding steroid dienone is 7. The Morgan fingerprint density at radius 3 is 1.44 bits per heavy atom. The first-order chi connectivity index (χ1) is 31.3. The van der Waals surface area contributed by atoms with Crippen molar-refractivity contribution < 1.29 is 39.8 Å². The Kier molecular flexibility index (Phi) is 42.3. The zero-order chi connectivity index (χ0) is 46.6. The van der Waals surface area contributed by atoms with Crippen molar-refractivity contribution in [3.05, 3.63) is 48.6 Å². The second kappa shape index (κ2) is 45.0. The fourth-order valence-corrected chi connectivity index (χ4v) is 8.34. The molecule has 1 heterocycles. The summed E-state index contributed by atoms with van der Waals surface area (Å²) in [5, 5.41) is 54.4. The summed E-state index contributed by atoms with van der Waals surface area (Å²) in [7, 11) is 0. The Balaban J connectivity index is 2.30. The third kappa shape index (κ3) is 34.5. The molecular weight excluding hydrogens is 803 g/mol.